The lowest BCUT2D eigenvalue weighted by atomic mass is 10.1. The van der Waals surface area contributed by atoms with Crippen molar-refractivity contribution in [2.45, 2.75) is 0 Å². The summed E-state index contributed by atoms with van der Waals surface area (Å²) in [4.78, 5) is 28.9. The summed E-state index contributed by atoms with van der Waals surface area (Å²) >= 11 is 0. The summed E-state index contributed by atoms with van der Waals surface area (Å²) in [6.07, 6.45) is 0. The van der Waals surface area contributed by atoms with Gasteiger partial charge in [0.1, 0.15) is 30.7 Å². The maximum atomic E-state index is 12.8. The fourth-order valence-corrected chi connectivity index (χ4v) is 3.73. The van der Waals surface area contributed by atoms with Crippen LogP contribution in [-0.4, -0.2) is 52.8 Å². The number of esters is 1. The SMILES string of the molecule is COc1cc(C(=O)OCC(=O)C(C#N)=C2N(C)c3ccccc3N2C)cc2c1OCCO2. The van der Waals surface area contributed by atoms with E-state index in [0.29, 0.717) is 36.3 Å². The largest absolute Gasteiger partial charge is 0.493 e. The van der Waals surface area contributed by atoms with E-state index in [0.717, 1.165) is 11.4 Å². The molecule has 9 nitrogen and oxygen atoms in total. The van der Waals surface area contributed by atoms with E-state index in [1.54, 1.807) is 23.9 Å². The van der Waals surface area contributed by atoms with Gasteiger partial charge >= 0.3 is 5.97 Å². The Morgan fingerprint density at radius 1 is 1.09 bits per heavy atom. The van der Waals surface area contributed by atoms with E-state index in [-0.39, 0.29) is 11.1 Å². The number of benzene rings is 2. The Bertz CT molecular complexity index is 1120. The van der Waals surface area contributed by atoms with Gasteiger partial charge in [-0.25, -0.2) is 4.79 Å². The predicted octanol–water partition coefficient (Wildman–Crippen LogP) is 2.51. The Hall–Kier alpha value is -4.19. The first kappa shape index (κ1) is 21.1. The molecule has 4 rings (SSSR count). The van der Waals surface area contributed by atoms with Crippen LogP contribution in [0.4, 0.5) is 11.4 Å². The molecule has 2 heterocycles. The molecule has 0 saturated carbocycles. The lowest BCUT2D eigenvalue weighted by molar-refractivity contribution is -0.118. The third-order valence-corrected chi connectivity index (χ3v) is 5.25. The minimum Gasteiger partial charge on any atom is -0.493 e. The van der Waals surface area contributed by atoms with Crippen molar-refractivity contribution in [3.05, 3.63) is 53.4 Å². The molecule has 32 heavy (non-hydrogen) atoms. The molecular weight excluding hydrogens is 414 g/mol. The highest BCUT2D eigenvalue weighted by Gasteiger charge is 2.31. The topological polar surface area (TPSA) is 101 Å². The molecule has 0 amide bonds. The van der Waals surface area contributed by atoms with E-state index in [1.165, 1.54) is 19.2 Å². The van der Waals surface area contributed by atoms with Crippen molar-refractivity contribution in [2.24, 2.45) is 0 Å². The molecule has 0 aromatic heterocycles. The molecule has 0 aliphatic carbocycles. The minimum atomic E-state index is -0.743. The van der Waals surface area contributed by atoms with Crippen LogP contribution in [0, 0.1) is 11.3 Å². The summed E-state index contributed by atoms with van der Waals surface area (Å²) in [5, 5.41) is 9.68. The standard InChI is InChI=1S/C23H21N3O6/c1-25-16-6-4-5-7-17(16)26(2)22(25)15(12-24)18(27)13-32-23(28)14-10-19(29-3)21-20(11-14)30-8-9-31-21/h4-7,10-11H,8-9,13H2,1-3H3. The number of hydrogen-bond donors (Lipinski definition) is 0. The third kappa shape index (κ3) is 3.56. The second-order valence-electron chi connectivity index (χ2n) is 7.12. The average Bonchev–Trinajstić information content (AvgIpc) is 3.07. The number of hydrogen-bond acceptors (Lipinski definition) is 9. The molecule has 0 saturated heterocycles. The van der Waals surface area contributed by atoms with E-state index < -0.39 is 18.4 Å². The zero-order chi connectivity index (χ0) is 22.8. The van der Waals surface area contributed by atoms with Crippen LogP contribution in [0.25, 0.3) is 0 Å². The smallest absolute Gasteiger partial charge is 0.338 e. The first-order valence-electron chi connectivity index (χ1n) is 9.85. The molecule has 2 aromatic carbocycles. The number of ketones is 1. The Balaban J connectivity index is 1.53. The molecule has 0 unspecified atom stereocenters. The normalized spacial score (nSPS) is 13.9. The first-order valence-corrected chi connectivity index (χ1v) is 9.85. The van der Waals surface area contributed by atoms with E-state index in [1.807, 2.05) is 30.3 Å². The summed E-state index contributed by atoms with van der Waals surface area (Å²) in [5.74, 6) is 0.178. The summed E-state index contributed by atoms with van der Waals surface area (Å²) < 4.78 is 21.5. The number of methoxy groups -OCH3 is 1. The predicted molar refractivity (Wildman–Crippen MR) is 115 cm³/mol. The van der Waals surface area contributed by atoms with E-state index in [2.05, 4.69) is 0 Å². The molecule has 2 aliphatic heterocycles. The van der Waals surface area contributed by atoms with Gasteiger partial charge in [-0.15, -0.1) is 0 Å². The Morgan fingerprint density at radius 2 is 1.75 bits per heavy atom. The Labute approximate surface area is 184 Å². The van der Waals surface area contributed by atoms with Gasteiger partial charge in [-0.3, -0.25) is 4.79 Å². The van der Waals surface area contributed by atoms with Crippen LogP contribution >= 0.6 is 0 Å². The van der Waals surface area contributed by atoms with E-state index in [9.17, 15) is 14.9 Å². The summed E-state index contributed by atoms with van der Waals surface area (Å²) in [6, 6.07) is 12.4. The van der Waals surface area contributed by atoms with Crippen molar-refractivity contribution in [2.75, 3.05) is 50.8 Å². The van der Waals surface area contributed by atoms with Gasteiger partial charge in [0, 0.05) is 14.1 Å². The van der Waals surface area contributed by atoms with Gasteiger partial charge in [-0.1, -0.05) is 12.1 Å². The van der Waals surface area contributed by atoms with Crippen LogP contribution in [0.3, 0.4) is 0 Å². The van der Waals surface area contributed by atoms with Gasteiger partial charge in [-0.05, 0) is 24.3 Å². The molecule has 0 fully saturated rings. The molecule has 2 aromatic rings. The van der Waals surface area contributed by atoms with Gasteiger partial charge in [-0.2, -0.15) is 5.26 Å². The van der Waals surface area contributed by atoms with Crippen molar-refractivity contribution in [3.63, 3.8) is 0 Å². The van der Waals surface area contributed by atoms with Crippen molar-refractivity contribution in [1.29, 1.82) is 5.26 Å². The number of rotatable bonds is 5. The van der Waals surface area contributed by atoms with Crippen LogP contribution < -0.4 is 24.0 Å². The average molecular weight is 435 g/mol. The molecule has 2 aliphatic rings. The molecule has 0 spiro atoms. The maximum Gasteiger partial charge on any atom is 0.338 e. The fraction of sp³-hybridized carbons (Fsp3) is 0.261. The Morgan fingerprint density at radius 3 is 2.38 bits per heavy atom. The molecule has 0 bridgehead atoms. The maximum absolute atomic E-state index is 12.8. The number of nitriles is 1. The third-order valence-electron chi connectivity index (χ3n) is 5.25. The van der Waals surface area contributed by atoms with E-state index in [4.69, 9.17) is 18.9 Å². The van der Waals surface area contributed by atoms with Crippen LogP contribution in [-0.2, 0) is 9.53 Å². The molecule has 164 valence electrons. The van der Waals surface area contributed by atoms with Gasteiger partial charge in [0.15, 0.2) is 18.1 Å². The number of ether oxygens (including phenoxy) is 4. The lowest BCUT2D eigenvalue weighted by Gasteiger charge is -2.21. The summed E-state index contributed by atoms with van der Waals surface area (Å²) in [6.45, 7) is 0.135. The molecule has 9 heteroatoms. The highest BCUT2D eigenvalue weighted by Crippen LogP contribution is 2.41. The number of carbonyl (C=O) groups is 2. The van der Waals surface area contributed by atoms with E-state index >= 15 is 0 Å². The fourth-order valence-electron chi connectivity index (χ4n) is 3.73. The van der Waals surface area contributed by atoms with Gasteiger partial charge in [0.2, 0.25) is 11.5 Å². The number of Topliss-reactive ketones (excluding diaryl/α,β-unsaturated/α-hetero) is 1. The molecule has 0 atom stereocenters. The first-order chi connectivity index (χ1) is 15.5. The second kappa shape index (κ2) is 8.51. The minimum absolute atomic E-state index is 0.0984. The number of carbonyl (C=O) groups excluding carboxylic acids is 2. The van der Waals surface area contributed by atoms with Crippen LogP contribution in [0.2, 0.25) is 0 Å². The lowest BCUT2D eigenvalue weighted by Crippen LogP contribution is -2.28. The van der Waals surface area contributed by atoms with Crippen molar-refractivity contribution in [1.82, 2.24) is 0 Å². The highest BCUT2D eigenvalue weighted by molar-refractivity contribution is 6.04. The highest BCUT2D eigenvalue weighted by atomic mass is 16.6. The van der Waals surface area contributed by atoms with Crippen LogP contribution in [0.15, 0.2) is 47.8 Å². The van der Waals surface area contributed by atoms with Crippen LogP contribution in [0.5, 0.6) is 17.2 Å². The van der Waals surface area contributed by atoms with Gasteiger partial charge in [0.25, 0.3) is 0 Å². The molecular formula is C23H21N3O6. The number of anilines is 2. The molecule has 0 radical (unpaired) electrons. The van der Waals surface area contributed by atoms with Gasteiger partial charge in [0.05, 0.1) is 24.0 Å². The zero-order valence-electron chi connectivity index (χ0n) is 17.9. The number of nitrogens with zero attached hydrogens (tertiary/aromatic N) is 3. The Kier molecular flexibility index (Phi) is 5.60. The summed E-state index contributed by atoms with van der Waals surface area (Å²) in [5.41, 5.74) is 1.78. The number of fused-ring (bicyclic) bond motifs is 2. The molecule has 0 N–H and O–H groups in total. The van der Waals surface area contributed by atoms with Crippen LogP contribution in [0.1, 0.15) is 10.4 Å². The number of para-hydroxylation sites is 2. The van der Waals surface area contributed by atoms with Crippen molar-refractivity contribution < 1.29 is 28.5 Å². The zero-order valence-corrected chi connectivity index (χ0v) is 17.9. The van der Waals surface area contributed by atoms with Gasteiger partial charge < -0.3 is 28.7 Å². The summed E-state index contributed by atoms with van der Waals surface area (Å²) in [7, 11) is 5.00. The van der Waals surface area contributed by atoms with Crippen molar-refractivity contribution >= 4 is 23.1 Å². The van der Waals surface area contributed by atoms with Crippen molar-refractivity contribution in [3.8, 4) is 23.3 Å². The monoisotopic (exact) mass is 435 g/mol. The quantitative estimate of drug-likeness (QED) is 0.398. The second-order valence-corrected chi connectivity index (χ2v) is 7.12.